The van der Waals surface area contributed by atoms with Crippen molar-refractivity contribution in [3.63, 3.8) is 0 Å². The highest BCUT2D eigenvalue weighted by Gasteiger charge is 2.12. The fraction of sp³-hybridized carbons (Fsp3) is 0.133. The average Bonchev–Trinajstić information content (AvgIpc) is 2.54. The summed E-state index contributed by atoms with van der Waals surface area (Å²) in [4.78, 5) is 22.4. The molecule has 0 aliphatic heterocycles. The lowest BCUT2D eigenvalue weighted by molar-refractivity contribution is -0.384. The number of nitro benzene ring substituents is 1. The van der Waals surface area contributed by atoms with Crippen molar-refractivity contribution in [3.8, 4) is 11.5 Å². The second kappa shape index (κ2) is 6.57. The molecule has 0 fully saturated rings. The van der Waals surface area contributed by atoms with Gasteiger partial charge < -0.3 is 14.8 Å². The Morgan fingerprint density at radius 3 is 2.45 bits per heavy atom. The Morgan fingerprint density at radius 2 is 1.82 bits per heavy atom. The molecule has 0 unspecified atom stereocenters. The van der Waals surface area contributed by atoms with Gasteiger partial charge in [-0.1, -0.05) is 6.07 Å². The van der Waals surface area contributed by atoms with Gasteiger partial charge in [0.25, 0.3) is 11.6 Å². The minimum atomic E-state index is -0.522. The third-order valence-corrected chi connectivity index (χ3v) is 2.96. The number of rotatable bonds is 5. The zero-order chi connectivity index (χ0) is 16.1. The molecule has 0 bridgehead atoms. The number of amides is 1. The van der Waals surface area contributed by atoms with Crippen molar-refractivity contribution in [2.45, 2.75) is 0 Å². The van der Waals surface area contributed by atoms with Crippen molar-refractivity contribution in [2.75, 3.05) is 19.5 Å². The molecule has 7 nitrogen and oxygen atoms in total. The highest BCUT2D eigenvalue weighted by atomic mass is 16.6. The van der Waals surface area contributed by atoms with Gasteiger partial charge in [-0.25, -0.2) is 0 Å². The van der Waals surface area contributed by atoms with Crippen LogP contribution in [0.5, 0.6) is 11.5 Å². The summed E-state index contributed by atoms with van der Waals surface area (Å²) in [5, 5.41) is 13.3. The standard InChI is InChI=1S/C15H14N2O5/c1-21-13-7-6-10(8-14(13)22-2)15(18)16-11-4-3-5-12(9-11)17(19)20/h3-9H,1-2H3,(H,16,18). The summed E-state index contributed by atoms with van der Waals surface area (Å²) in [6.07, 6.45) is 0. The number of benzene rings is 2. The second-order valence-corrected chi connectivity index (χ2v) is 4.33. The van der Waals surface area contributed by atoms with Crippen molar-refractivity contribution in [1.82, 2.24) is 0 Å². The number of hydrogen-bond acceptors (Lipinski definition) is 5. The monoisotopic (exact) mass is 302 g/mol. The Kier molecular flexibility index (Phi) is 4.57. The van der Waals surface area contributed by atoms with E-state index in [0.29, 0.717) is 22.7 Å². The smallest absolute Gasteiger partial charge is 0.271 e. The molecule has 0 radical (unpaired) electrons. The Morgan fingerprint density at radius 1 is 1.09 bits per heavy atom. The van der Waals surface area contributed by atoms with E-state index in [1.807, 2.05) is 0 Å². The Bertz CT molecular complexity index is 715. The number of ether oxygens (including phenoxy) is 2. The molecule has 1 N–H and O–H groups in total. The van der Waals surface area contributed by atoms with E-state index in [0.717, 1.165) is 0 Å². The zero-order valence-electron chi connectivity index (χ0n) is 12.0. The average molecular weight is 302 g/mol. The van der Waals surface area contributed by atoms with E-state index in [2.05, 4.69) is 5.32 Å². The van der Waals surface area contributed by atoms with Gasteiger partial charge in [0.05, 0.1) is 19.1 Å². The molecule has 0 saturated heterocycles. The molecule has 0 heterocycles. The van der Waals surface area contributed by atoms with Gasteiger partial charge in [-0.3, -0.25) is 14.9 Å². The predicted octanol–water partition coefficient (Wildman–Crippen LogP) is 2.86. The van der Waals surface area contributed by atoms with Crippen LogP contribution in [0.2, 0.25) is 0 Å². The van der Waals surface area contributed by atoms with Crippen LogP contribution in [0.4, 0.5) is 11.4 Å². The van der Waals surface area contributed by atoms with Crippen molar-refractivity contribution < 1.29 is 19.2 Å². The lowest BCUT2D eigenvalue weighted by Gasteiger charge is -2.10. The van der Waals surface area contributed by atoms with Gasteiger partial charge in [-0.2, -0.15) is 0 Å². The zero-order valence-corrected chi connectivity index (χ0v) is 12.0. The summed E-state index contributed by atoms with van der Waals surface area (Å²) in [5.41, 5.74) is 0.600. The molecular weight excluding hydrogens is 288 g/mol. The van der Waals surface area contributed by atoms with Crippen molar-refractivity contribution in [2.24, 2.45) is 0 Å². The number of hydrogen-bond donors (Lipinski definition) is 1. The number of methoxy groups -OCH3 is 2. The number of non-ortho nitro benzene ring substituents is 1. The molecule has 0 spiro atoms. The molecule has 2 aromatic carbocycles. The second-order valence-electron chi connectivity index (χ2n) is 4.33. The fourth-order valence-corrected chi connectivity index (χ4v) is 1.88. The van der Waals surface area contributed by atoms with E-state index in [1.165, 1.54) is 38.5 Å². The number of nitrogens with zero attached hydrogens (tertiary/aromatic N) is 1. The van der Waals surface area contributed by atoms with Gasteiger partial charge in [0.2, 0.25) is 0 Å². The molecule has 2 aromatic rings. The molecule has 114 valence electrons. The van der Waals surface area contributed by atoms with Crippen LogP contribution in [0.3, 0.4) is 0 Å². The number of anilines is 1. The minimum absolute atomic E-state index is 0.0925. The molecule has 0 atom stereocenters. The summed E-state index contributed by atoms with van der Waals surface area (Å²) in [5.74, 6) is 0.532. The molecule has 2 rings (SSSR count). The van der Waals surface area contributed by atoms with E-state index >= 15 is 0 Å². The number of nitrogens with one attached hydrogen (secondary N) is 1. The highest BCUT2D eigenvalue weighted by molar-refractivity contribution is 6.04. The maximum Gasteiger partial charge on any atom is 0.271 e. The minimum Gasteiger partial charge on any atom is -0.493 e. The first-order valence-electron chi connectivity index (χ1n) is 6.33. The van der Waals surface area contributed by atoms with Crippen molar-refractivity contribution in [3.05, 3.63) is 58.1 Å². The third kappa shape index (κ3) is 3.32. The van der Waals surface area contributed by atoms with Crippen LogP contribution >= 0.6 is 0 Å². The SMILES string of the molecule is COc1ccc(C(=O)Nc2cccc([N+](=O)[O-])c2)cc1OC. The van der Waals surface area contributed by atoms with Crippen LogP contribution < -0.4 is 14.8 Å². The van der Waals surface area contributed by atoms with Gasteiger partial charge in [0.15, 0.2) is 11.5 Å². The summed E-state index contributed by atoms with van der Waals surface area (Å²) in [7, 11) is 2.97. The molecule has 22 heavy (non-hydrogen) atoms. The Balaban J connectivity index is 2.22. The van der Waals surface area contributed by atoms with Crippen molar-refractivity contribution in [1.29, 1.82) is 0 Å². The number of carbonyl (C=O) groups excluding carboxylic acids is 1. The van der Waals surface area contributed by atoms with Gasteiger partial charge in [0.1, 0.15) is 0 Å². The van der Waals surface area contributed by atoms with Crippen LogP contribution in [0.25, 0.3) is 0 Å². The van der Waals surface area contributed by atoms with E-state index in [1.54, 1.807) is 18.2 Å². The molecule has 0 aliphatic rings. The van der Waals surface area contributed by atoms with Gasteiger partial charge in [0, 0.05) is 23.4 Å². The number of nitro groups is 1. The van der Waals surface area contributed by atoms with E-state index < -0.39 is 10.8 Å². The Hall–Kier alpha value is -3.09. The van der Waals surface area contributed by atoms with Crippen LogP contribution in [0, 0.1) is 10.1 Å². The van der Waals surface area contributed by atoms with E-state index in [9.17, 15) is 14.9 Å². The van der Waals surface area contributed by atoms with E-state index in [-0.39, 0.29) is 5.69 Å². The number of carbonyl (C=O) groups is 1. The lowest BCUT2D eigenvalue weighted by Crippen LogP contribution is -2.12. The van der Waals surface area contributed by atoms with Crippen LogP contribution in [-0.4, -0.2) is 25.1 Å². The molecule has 0 saturated carbocycles. The van der Waals surface area contributed by atoms with Gasteiger partial charge in [-0.15, -0.1) is 0 Å². The summed E-state index contributed by atoms with van der Waals surface area (Å²) >= 11 is 0. The Labute approximate surface area is 126 Å². The topological polar surface area (TPSA) is 90.7 Å². The van der Waals surface area contributed by atoms with Crippen LogP contribution in [0.1, 0.15) is 10.4 Å². The molecule has 0 aromatic heterocycles. The maximum absolute atomic E-state index is 12.2. The summed E-state index contributed by atoms with van der Waals surface area (Å²) in [6, 6.07) is 10.4. The quantitative estimate of drug-likeness (QED) is 0.677. The molecule has 0 aliphatic carbocycles. The first kappa shape index (κ1) is 15.3. The van der Waals surface area contributed by atoms with Gasteiger partial charge >= 0.3 is 0 Å². The summed E-state index contributed by atoms with van der Waals surface area (Å²) in [6.45, 7) is 0. The lowest BCUT2D eigenvalue weighted by atomic mass is 10.1. The van der Waals surface area contributed by atoms with Crippen LogP contribution in [0.15, 0.2) is 42.5 Å². The largest absolute Gasteiger partial charge is 0.493 e. The predicted molar refractivity (Wildman–Crippen MR) is 80.6 cm³/mol. The normalized spacial score (nSPS) is 9.91. The third-order valence-electron chi connectivity index (χ3n) is 2.96. The summed E-state index contributed by atoms with van der Waals surface area (Å²) < 4.78 is 10.2. The molecular formula is C15H14N2O5. The van der Waals surface area contributed by atoms with E-state index in [4.69, 9.17) is 9.47 Å². The van der Waals surface area contributed by atoms with Gasteiger partial charge in [-0.05, 0) is 24.3 Å². The highest BCUT2D eigenvalue weighted by Crippen LogP contribution is 2.28. The molecule has 7 heteroatoms. The van der Waals surface area contributed by atoms with Crippen molar-refractivity contribution >= 4 is 17.3 Å². The first-order chi connectivity index (χ1) is 10.5. The fourth-order valence-electron chi connectivity index (χ4n) is 1.88. The first-order valence-corrected chi connectivity index (χ1v) is 6.33. The maximum atomic E-state index is 12.2. The molecule has 1 amide bonds. The van der Waals surface area contributed by atoms with Crippen LogP contribution in [-0.2, 0) is 0 Å².